The van der Waals surface area contributed by atoms with Gasteiger partial charge in [0, 0.05) is 32.4 Å². The van der Waals surface area contributed by atoms with Crippen LogP contribution in [0, 0.1) is 17.3 Å². The molecule has 0 unspecified atom stereocenters. The Morgan fingerprint density at radius 1 is 1.18 bits per heavy atom. The molecule has 0 radical (unpaired) electrons. The van der Waals surface area contributed by atoms with Crippen LogP contribution in [0.15, 0.2) is 0 Å². The molecule has 158 valence electrons. The normalized spacial score (nSPS) is 29.8. The fraction of sp³-hybridized carbons (Fsp3) is 0.810. The Hall–Kier alpha value is -1.92. The van der Waals surface area contributed by atoms with E-state index in [1.54, 1.807) is 25.7 Å². The van der Waals surface area contributed by atoms with E-state index in [-0.39, 0.29) is 30.3 Å². The number of carboxylic acid groups (broad SMARTS) is 1. The van der Waals surface area contributed by atoms with Crippen LogP contribution < -0.4 is 0 Å². The van der Waals surface area contributed by atoms with Crippen molar-refractivity contribution in [3.63, 3.8) is 0 Å². The molecule has 3 atom stereocenters. The highest BCUT2D eigenvalue weighted by atomic mass is 16.6. The number of aliphatic carboxylic acids is 1. The molecule has 2 rings (SSSR count). The fourth-order valence-electron chi connectivity index (χ4n) is 4.65. The summed E-state index contributed by atoms with van der Waals surface area (Å²) in [6.45, 7) is 8.13. The van der Waals surface area contributed by atoms with Crippen LogP contribution in [0.5, 0.6) is 0 Å². The van der Waals surface area contributed by atoms with Crippen LogP contribution >= 0.6 is 0 Å². The number of hydrogen-bond donors (Lipinski definition) is 1. The van der Waals surface area contributed by atoms with E-state index in [0.29, 0.717) is 45.2 Å². The molecule has 1 amide bonds. The van der Waals surface area contributed by atoms with Gasteiger partial charge in [-0.25, -0.2) is 4.79 Å². The Morgan fingerprint density at radius 2 is 1.82 bits per heavy atom. The first-order chi connectivity index (χ1) is 13.0. The molecule has 1 aliphatic carbocycles. The highest BCUT2D eigenvalue weighted by Crippen LogP contribution is 2.48. The zero-order valence-corrected chi connectivity index (χ0v) is 17.5. The number of carbonyl (C=O) groups excluding carboxylic acids is 3. The Kier molecular flexibility index (Phi) is 6.88. The third kappa shape index (κ3) is 5.11. The Balaban J connectivity index is 2.23. The van der Waals surface area contributed by atoms with Crippen molar-refractivity contribution < 1.29 is 29.0 Å². The first-order valence-corrected chi connectivity index (χ1v) is 10.2. The molecule has 2 aliphatic rings. The molecule has 0 aromatic heterocycles. The lowest BCUT2D eigenvalue weighted by Gasteiger charge is -2.43. The highest BCUT2D eigenvalue weighted by molar-refractivity contribution is 6.08. The third-order valence-corrected chi connectivity index (χ3v) is 5.82. The number of hydrogen-bond acceptors (Lipinski definition) is 5. The minimum atomic E-state index is -1.21. The molecule has 1 saturated heterocycles. The van der Waals surface area contributed by atoms with Crippen LogP contribution in [-0.4, -0.2) is 52.3 Å². The second kappa shape index (κ2) is 8.62. The van der Waals surface area contributed by atoms with Crippen molar-refractivity contribution in [3.8, 4) is 0 Å². The van der Waals surface area contributed by atoms with Crippen LogP contribution in [0.25, 0.3) is 0 Å². The summed E-state index contributed by atoms with van der Waals surface area (Å²) >= 11 is 0. The summed E-state index contributed by atoms with van der Waals surface area (Å²) < 4.78 is 5.44. The first-order valence-electron chi connectivity index (χ1n) is 10.2. The van der Waals surface area contributed by atoms with E-state index in [4.69, 9.17) is 4.74 Å². The van der Waals surface area contributed by atoms with E-state index < -0.39 is 29.0 Å². The monoisotopic (exact) mass is 395 g/mol. The van der Waals surface area contributed by atoms with E-state index in [1.165, 1.54) is 0 Å². The molecule has 0 bridgehead atoms. The zero-order valence-electron chi connectivity index (χ0n) is 17.5. The molecule has 1 saturated carbocycles. The molecule has 7 nitrogen and oxygen atoms in total. The topological polar surface area (TPSA) is 101 Å². The lowest BCUT2D eigenvalue weighted by molar-refractivity contribution is -0.153. The summed E-state index contributed by atoms with van der Waals surface area (Å²) in [6, 6.07) is 0. The van der Waals surface area contributed by atoms with Gasteiger partial charge < -0.3 is 14.7 Å². The maximum absolute atomic E-state index is 13.2. The standard InChI is InChI=1S/C21H33NO6/c1-14-11-15(13-18(25)26)21(17(24)12-14)8-6-10-22(9-5-7-16(21)23)19(27)28-20(2,3)4/h14-15H,5-13H2,1-4H3,(H,25,26)/t14-,15+,21+/m1/s1. The van der Waals surface area contributed by atoms with Gasteiger partial charge in [-0.3, -0.25) is 14.4 Å². The lowest BCUT2D eigenvalue weighted by Crippen LogP contribution is -2.50. The minimum absolute atomic E-state index is 0.0844. The molecule has 28 heavy (non-hydrogen) atoms. The molecule has 0 aromatic carbocycles. The third-order valence-electron chi connectivity index (χ3n) is 5.82. The smallest absolute Gasteiger partial charge is 0.410 e. The van der Waals surface area contributed by atoms with Gasteiger partial charge in [0.05, 0.1) is 5.41 Å². The fourth-order valence-corrected chi connectivity index (χ4v) is 4.65. The summed E-state index contributed by atoms with van der Waals surface area (Å²) in [5.41, 5.74) is -1.82. The van der Waals surface area contributed by atoms with Gasteiger partial charge >= 0.3 is 12.1 Å². The number of ketones is 2. The number of carboxylic acids is 1. The Morgan fingerprint density at radius 3 is 2.43 bits per heavy atom. The second-order valence-corrected chi connectivity index (χ2v) is 9.33. The minimum Gasteiger partial charge on any atom is -0.481 e. The summed E-state index contributed by atoms with van der Waals surface area (Å²) in [5, 5.41) is 9.35. The molecule has 7 heteroatoms. The molecular weight excluding hydrogens is 362 g/mol. The summed E-state index contributed by atoms with van der Waals surface area (Å²) in [7, 11) is 0. The summed E-state index contributed by atoms with van der Waals surface area (Å²) in [5.74, 6) is -1.63. The van der Waals surface area contributed by atoms with E-state index in [1.807, 2.05) is 6.92 Å². The average molecular weight is 395 g/mol. The van der Waals surface area contributed by atoms with E-state index >= 15 is 0 Å². The number of Topliss-reactive ketones (excluding diaryl/α,β-unsaturated/α-hetero) is 2. The van der Waals surface area contributed by atoms with E-state index in [2.05, 4.69) is 0 Å². The number of rotatable bonds is 2. The van der Waals surface area contributed by atoms with Crippen LogP contribution in [0.4, 0.5) is 4.79 Å². The van der Waals surface area contributed by atoms with Gasteiger partial charge in [0.2, 0.25) is 0 Å². The van der Waals surface area contributed by atoms with E-state index in [9.17, 15) is 24.3 Å². The Bertz CT molecular complexity index is 637. The van der Waals surface area contributed by atoms with E-state index in [0.717, 1.165) is 0 Å². The van der Waals surface area contributed by atoms with Gasteiger partial charge in [-0.2, -0.15) is 0 Å². The van der Waals surface area contributed by atoms with Crippen molar-refractivity contribution in [2.75, 3.05) is 13.1 Å². The lowest BCUT2D eigenvalue weighted by atomic mass is 9.57. The van der Waals surface area contributed by atoms with Gasteiger partial charge in [-0.1, -0.05) is 6.92 Å². The van der Waals surface area contributed by atoms with Crippen molar-refractivity contribution in [2.45, 2.75) is 78.2 Å². The number of amides is 1. The predicted octanol–water partition coefficient (Wildman–Crippen LogP) is 3.44. The maximum Gasteiger partial charge on any atom is 0.410 e. The molecule has 1 heterocycles. The number of carbonyl (C=O) groups is 4. The molecule has 0 aromatic rings. The molecule has 1 aliphatic heterocycles. The largest absolute Gasteiger partial charge is 0.481 e. The van der Waals surface area contributed by atoms with Crippen molar-refractivity contribution in [1.82, 2.24) is 4.90 Å². The van der Waals surface area contributed by atoms with Gasteiger partial charge in [0.25, 0.3) is 0 Å². The van der Waals surface area contributed by atoms with Crippen molar-refractivity contribution >= 4 is 23.6 Å². The van der Waals surface area contributed by atoms with Gasteiger partial charge in [0.15, 0.2) is 0 Å². The summed E-state index contributed by atoms with van der Waals surface area (Å²) in [4.78, 5) is 51.7. The first kappa shape index (κ1) is 22.4. The highest BCUT2D eigenvalue weighted by Gasteiger charge is 2.53. The van der Waals surface area contributed by atoms with Crippen molar-refractivity contribution in [3.05, 3.63) is 0 Å². The Labute approximate surface area is 166 Å². The molecule has 2 fully saturated rings. The van der Waals surface area contributed by atoms with Gasteiger partial charge in [-0.15, -0.1) is 0 Å². The number of ether oxygens (including phenoxy) is 1. The second-order valence-electron chi connectivity index (χ2n) is 9.33. The maximum atomic E-state index is 13.2. The number of nitrogens with zero attached hydrogens (tertiary/aromatic N) is 1. The van der Waals surface area contributed by atoms with Crippen molar-refractivity contribution in [2.24, 2.45) is 17.3 Å². The van der Waals surface area contributed by atoms with Crippen molar-refractivity contribution in [1.29, 1.82) is 0 Å². The van der Waals surface area contributed by atoms with Crippen LogP contribution in [0.1, 0.15) is 72.6 Å². The van der Waals surface area contributed by atoms with Crippen LogP contribution in [0.3, 0.4) is 0 Å². The molecule has 1 spiro atoms. The SMILES string of the molecule is C[C@H]1CC(=O)[C@@]2(CCCN(C(=O)OC(C)(C)C)CCCC2=O)[C@H](CC(=O)O)C1. The van der Waals surface area contributed by atoms with Gasteiger partial charge in [0.1, 0.15) is 17.2 Å². The summed E-state index contributed by atoms with van der Waals surface area (Å²) in [6.07, 6.45) is 1.70. The quantitative estimate of drug-likeness (QED) is 0.719. The molecule has 1 N–H and O–H groups in total. The zero-order chi connectivity index (χ0) is 21.1. The predicted molar refractivity (Wildman–Crippen MR) is 103 cm³/mol. The van der Waals surface area contributed by atoms with Gasteiger partial charge in [-0.05, 0) is 58.3 Å². The van der Waals surface area contributed by atoms with Crippen LogP contribution in [-0.2, 0) is 19.1 Å². The average Bonchev–Trinajstić information content (AvgIpc) is 2.60. The molecular formula is C21H33NO6. The van der Waals surface area contributed by atoms with Crippen LogP contribution in [0.2, 0.25) is 0 Å².